The van der Waals surface area contributed by atoms with Crippen LogP contribution in [0.5, 0.6) is 0 Å². The Morgan fingerprint density at radius 2 is 2.26 bits per heavy atom. The molecule has 19 heavy (non-hydrogen) atoms. The minimum Gasteiger partial charge on any atom is -0.356 e. The molecule has 1 aromatic rings. The predicted octanol–water partition coefficient (Wildman–Crippen LogP) is 2.25. The Labute approximate surface area is 114 Å². The first-order chi connectivity index (χ1) is 9.15. The summed E-state index contributed by atoms with van der Waals surface area (Å²) in [6, 6.07) is 0.189. The molecular weight excluding hydrogens is 240 g/mol. The number of hydrogen-bond donors (Lipinski definition) is 2. The van der Waals surface area contributed by atoms with Crippen LogP contribution in [0.15, 0.2) is 6.20 Å². The molecular formula is C14H24N4O. The smallest absolute Gasteiger partial charge is 0.271 e. The third-order valence-corrected chi connectivity index (χ3v) is 3.98. The first kappa shape index (κ1) is 13.9. The van der Waals surface area contributed by atoms with Crippen molar-refractivity contribution in [1.82, 2.24) is 14.9 Å². The quantitative estimate of drug-likeness (QED) is 0.857. The summed E-state index contributed by atoms with van der Waals surface area (Å²) in [6.45, 7) is 8.27. The Hall–Kier alpha value is -1.52. The van der Waals surface area contributed by atoms with Gasteiger partial charge in [-0.25, -0.2) is 4.98 Å². The summed E-state index contributed by atoms with van der Waals surface area (Å²) >= 11 is 0. The molecule has 5 heteroatoms. The van der Waals surface area contributed by atoms with Gasteiger partial charge in [-0.1, -0.05) is 26.7 Å². The van der Waals surface area contributed by atoms with Gasteiger partial charge in [-0.2, -0.15) is 0 Å². The molecule has 0 saturated carbocycles. The summed E-state index contributed by atoms with van der Waals surface area (Å²) < 4.78 is 2.01. The summed E-state index contributed by atoms with van der Waals surface area (Å²) in [5, 5.41) is 6.27. The predicted molar refractivity (Wildman–Crippen MR) is 76.3 cm³/mol. The zero-order chi connectivity index (χ0) is 13.8. The van der Waals surface area contributed by atoms with Crippen molar-refractivity contribution < 1.29 is 4.79 Å². The lowest BCUT2D eigenvalue weighted by atomic mass is 9.95. The van der Waals surface area contributed by atoms with E-state index in [1.165, 1.54) is 0 Å². The molecule has 2 N–H and O–H groups in total. The number of nitrogens with one attached hydrogen (secondary N) is 2. The van der Waals surface area contributed by atoms with Crippen molar-refractivity contribution in [3.05, 3.63) is 11.9 Å². The van der Waals surface area contributed by atoms with Crippen LogP contribution < -0.4 is 10.6 Å². The molecule has 0 radical (unpaired) electrons. The van der Waals surface area contributed by atoms with Gasteiger partial charge in [-0.15, -0.1) is 0 Å². The fourth-order valence-corrected chi connectivity index (χ4v) is 2.68. The van der Waals surface area contributed by atoms with Crippen LogP contribution in [0.3, 0.4) is 0 Å². The van der Waals surface area contributed by atoms with E-state index >= 15 is 0 Å². The summed E-state index contributed by atoms with van der Waals surface area (Å²) in [4.78, 5) is 16.5. The molecule has 1 atom stereocenters. The Balaban J connectivity index is 2.01. The van der Waals surface area contributed by atoms with Gasteiger partial charge in [-0.05, 0) is 19.3 Å². The van der Waals surface area contributed by atoms with Gasteiger partial charge in [-0.3, -0.25) is 4.79 Å². The van der Waals surface area contributed by atoms with Crippen molar-refractivity contribution in [2.75, 3.05) is 11.9 Å². The molecule has 0 aliphatic carbocycles. The molecule has 0 bridgehead atoms. The minimum atomic E-state index is -0.0666. The van der Waals surface area contributed by atoms with Gasteiger partial charge in [0.1, 0.15) is 5.69 Å². The fourth-order valence-electron chi connectivity index (χ4n) is 2.68. The molecule has 0 fully saturated rings. The van der Waals surface area contributed by atoms with Crippen LogP contribution in [0.2, 0.25) is 0 Å². The second-order valence-electron chi connectivity index (χ2n) is 5.26. The Morgan fingerprint density at radius 3 is 2.89 bits per heavy atom. The minimum absolute atomic E-state index is 0.0666. The average molecular weight is 264 g/mol. The zero-order valence-electron chi connectivity index (χ0n) is 12.1. The number of aromatic nitrogens is 2. The topological polar surface area (TPSA) is 59.0 Å². The normalized spacial score (nSPS) is 15.8. The van der Waals surface area contributed by atoms with E-state index in [0.29, 0.717) is 11.6 Å². The molecule has 2 heterocycles. The van der Waals surface area contributed by atoms with E-state index < -0.39 is 0 Å². The molecule has 0 saturated heterocycles. The molecule has 0 aromatic carbocycles. The van der Waals surface area contributed by atoms with Crippen LogP contribution in [0.25, 0.3) is 0 Å². The van der Waals surface area contributed by atoms with E-state index in [2.05, 4.69) is 36.4 Å². The average Bonchev–Trinajstić information content (AvgIpc) is 2.84. The molecule has 1 unspecified atom stereocenters. The monoisotopic (exact) mass is 264 g/mol. The first-order valence-corrected chi connectivity index (χ1v) is 7.27. The molecule has 2 rings (SSSR count). The molecule has 5 nitrogen and oxygen atoms in total. The largest absolute Gasteiger partial charge is 0.356 e. The number of carbonyl (C=O) groups is 1. The van der Waals surface area contributed by atoms with E-state index in [1.807, 2.05) is 10.8 Å². The number of amides is 1. The molecule has 106 valence electrons. The van der Waals surface area contributed by atoms with Crippen molar-refractivity contribution >= 4 is 11.9 Å². The summed E-state index contributed by atoms with van der Waals surface area (Å²) in [5.41, 5.74) is 0.516. The van der Waals surface area contributed by atoms with E-state index in [1.54, 1.807) is 0 Å². The van der Waals surface area contributed by atoms with E-state index in [-0.39, 0.29) is 11.9 Å². The first-order valence-electron chi connectivity index (χ1n) is 7.27. The zero-order valence-corrected chi connectivity index (χ0v) is 12.1. The highest BCUT2D eigenvalue weighted by Gasteiger charge is 2.20. The number of nitrogens with zero attached hydrogens (tertiary/aromatic N) is 2. The summed E-state index contributed by atoms with van der Waals surface area (Å²) in [6.07, 6.45) is 5.09. The SMILES string of the molecule is CCC(CC)C(C)NC(=O)c1cn2c(n1)NCCC2. The molecule has 1 aliphatic heterocycles. The number of imidazole rings is 1. The molecule has 0 spiro atoms. The lowest BCUT2D eigenvalue weighted by Gasteiger charge is -2.21. The van der Waals surface area contributed by atoms with Crippen molar-refractivity contribution in [2.45, 2.75) is 52.6 Å². The lowest BCUT2D eigenvalue weighted by molar-refractivity contribution is 0.0920. The van der Waals surface area contributed by atoms with Crippen molar-refractivity contribution in [3.63, 3.8) is 0 Å². The van der Waals surface area contributed by atoms with Crippen LogP contribution in [0.4, 0.5) is 5.95 Å². The lowest BCUT2D eigenvalue weighted by Crippen LogP contribution is -2.37. The highest BCUT2D eigenvalue weighted by molar-refractivity contribution is 5.92. The van der Waals surface area contributed by atoms with Crippen molar-refractivity contribution in [3.8, 4) is 0 Å². The fraction of sp³-hybridized carbons (Fsp3) is 0.714. The highest BCUT2D eigenvalue weighted by atomic mass is 16.2. The maximum absolute atomic E-state index is 12.2. The van der Waals surface area contributed by atoms with Crippen LogP contribution in [-0.4, -0.2) is 28.0 Å². The summed E-state index contributed by atoms with van der Waals surface area (Å²) in [5.74, 6) is 1.27. The van der Waals surface area contributed by atoms with Crippen LogP contribution in [0.1, 0.15) is 50.5 Å². The molecule has 1 aliphatic rings. The van der Waals surface area contributed by atoms with Crippen LogP contribution >= 0.6 is 0 Å². The van der Waals surface area contributed by atoms with Crippen LogP contribution in [0, 0.1) is 5.92 Å². The molecule has 1 amide bonds. The molecule has 1 aromatic heterocycles. The Bertz CT molecular complexity index is 413. The van der Waals surface area contributed by atoms with Gasteiger partial charge in [0.2, 0.25) is 5.95 Å². The number of aryl methyl sites for hydroxylation is 1. The van der Waals surface area contributed by atoms with Crippen LogP contribution in [-0.2, 0) is 6.54 Å². The van der Waals surface area contributed by atoms with Crippen molar-refractivity contribution in [2.24, 2.45) is 5.92 Å². The second-order valence-corrected chi connectivity index (χ2v) is 5.26. The number of anilines is 1. The number of hydrogen-bond acceptors (Lipinski definition) is 3. The Kier molecular flexibility index (Phi) is 4.45. The van der Waals surface area contributed by atoms with Gasteiger partial charge in [0.05, 0.1) is 0 Å². The van der Waals surface area contributed by atoms with E-state index in [9.17, 15) is 4.79 Å². The summed E-state index contributed by atoms with van der Waals surface area (Å²) in [7, 11) is 0. The van der Waals surface area contributed by atoms with Gasteiger partial charge in [0.15, 0.2) is 0 Å². The van der Waals surface area contributed by atoms with Crippen molar-refractivity contribution in [1.29, 1.82) is 0 Å². The highest BCUT2D eigenvalue weighted by Crippen LogP contribution is 2.16. The Morgan fingerprint density at radius 1 is 1.53 bits per heavy atom. The number of rotatable bonds is 5. The third-order valence-electron chi connectivity index (χ3n) is 3.98. The maximum atomic E-state index is 12.2. The number of fused-ring (bicyclic) bond motifs is 1. The van der Waals surface area contributed by atoms with Gasteiger partial charge < -0.3 is 15.2 Å². The number of carbonyl (C=O) groups excluding carboxylic acids is 1. The van der Waals surface area contributed by atoms with Gasteiger partial charge in [0.25, 0.3) is 5.91 Å². The van der Waals surface area contributed by atoms with E-state index in [4.69, 9.17) is 0 Å². The maximum Gasteiger partial charge on any atom is 0.271 e. The third kappa shape index (κ3) is 3.08. The second kappa shape index (κ2) is 6.08. The van der Waals surface area contributed by atoms with Gasteiger partial charge in [0, 0.05) is 25.3 Å². The van der Waals surface area contributed by atoms with Gasteiger partial charge >= 0.3 is 0 Å². The van der Waals surface area contributed by atoms with E-state index in [0.717, 1.165) is 38.3 Å². The standard InChI is InChI=1S/C14H24N4O/c1-4-11(5-2)10(3)16-13(19)12-9-18-8-6-7-15-14(18)17-12/h9-11H,4-8H2,1-3H3,(H,15,17)(H,16,19).